The minimum absolute atomic E-state index is 0.0293. The van der Waals surface area contributed by atoms with E-state index in [9.17, 15) is 0 Å². The topological polar surface area (TPSA) is 48.3 Å². The first-order valence-electron chi connectivity index (χ1n) is 9.05. The lowest BCUT2D eigenvalue weighted by atomic mass is 10.2. The van der Waals surface area contributed by atoms with Gasteiger partial charge in [0.15, 0.2) is 11.5 Å². The summed E-state index contributed by atoms with van der Waals surface area (Å²) in [4.78, 5) is 0. The molecular weight excluding hydrogens is 362 g/mol. The Morgan fingerprint density at radius 3 is 2.67 bits per heavy atom. The van der Waals surface area contributed by atoms with Gasteiger partial charge in [-0.05, 0) is 24.6 Å². The second-order valence-corrected chi connectivity index (χ2v) is 6.98. The van der Waals surface area contributed by atoms with Crippen molar-refractivity contribution in [2.45, 2.75) is 26.1 Å². The summed E-state index contributed by atoms with van der Waals surface area (Å²) in [7, 11) is 0. The monoisotopic (exact) mass is 383 g/mol. The maximum absolute atomic E-state index is 6.57. The Hall–Kier alpha value is -2.50. The third-order valence-electron chi connectivity index (χ3n) is 4.60. The van der Waals surface area contributed by atoms with Crippen LogP contribution < -0.4 is 14.8 Å². The molecule has 1 N–H and O–H groups in total. The highest BCUT2D eigenvalue weighted by Gasteiger charge is 2.21. The maximum atomic E-state index is 6.57. The number of nitrogens with zero attached hydrogens (tertiary/aromatic N) is 2. The first-order chi connectivity index (χ1) is 13.2. The van der Waals surface area contributed by atoms with Crippen molar-refractivity contribution >= 4 is 11.6 Å². The lowest BCUT2D eigenvalue weighted by molar-refractivity contribution is 0.0902. The number of aryl methyl sites for hydroxylation is 1. The summed E-state index contributed by atoms with van der Waals surface area (Å²) in [5, 5.41) is 8.68. The lowest BCUT2D eigenvalue weighted by Gasteiger charge is -2.26. The number of hydrogen-bond donors (Lipinski definition) is 1. The summed E-state index contributed by atoms with van der Waals surface area (Å²) in [6.45, 7) is 4.50. The molecule has 0 aliphatic carbocycles. The molecule has 3 aromatic rings. The summed E-state index contributed by atoms with van der Waals surface area (Å²) >= 11 is 6.57. The molecule has 1 aromatic heterocycles. The molecule has 0 saturated heterocycles. The van der Waals surface area contributed by atoms with Gasteiger partial charge >= 0.3 is 0 Å². The summed E-state index contributed by atoms with van der Waals surface area (Å²) in [5.74, 6) is 1.59. The van der Waals surface area contributed by atoms with Crippen LogP contribution in [0.1, 0.15) is 16.8 Å². The van der Waals surface area contributed by atoms with Gasteiger partial charge in [0.05, 0.1) is 12.2 Å². The van der Waals surface area contributed by atoms with Crippen LogP contribution in [0.15, 0.2) is 54.6 Å². The highest BCUT2D eigenvalue weighted by atomic mass is 35.5. The van der Waals surface area contributed by atoms with Crippen LogP contribution in [0, 0.1) is 6.92 Å². The van der Waals surface area contributed by atoms with Gasteiger partial charge in [-0.15, -0.1) is 0 Å². The fourth-order valence-electron chi connectivity index (χ4n) is 3.17. The first kappa shape index (κ1) is 17.9. The van der Waals surface area contributed by atoms with Crippen molar-refractivity contribution in [1.29, 1.82) is 0 Å². The number of benzene rings is 2. The first-order valence-corrected chi connectivity index (χ1v) is 9.43. The molecule has 0 saturated carbocycles. The number of nitrogens with one attached hydrogen (secondary N) is 1. The molecule has 0 spiro atoms. The Balaban J connectivity index is 1.35. The molecular formula is C21H22ClN3O2. The van der Waals surface area contributed by atoms with Crippen LogP contribution in [0.2, 0.25) is 5.15 Å². The molecule has 1 atom stereocenters. The van der Waals surface area contributed by atoms with E-state index in [0.29, 0.717) is 31.4 Å². The van der Waals surface area contributed by atoms with Gasteiger partial charge in [0.25, 0.3) is 0 Å². The minimum atomic E-state index is -0.0293. The van der Waals surface area contributed by atoms with E-state index in [0.717, 1.165) is 22.8 Å². The second-order valence-electron chi connectivity index (χ2n) is 6.63. The zero-order valence-corrected chi connectivity index (χ0v) is 15.9. The normalized spacial score (nSPS) is 15.7. The average Bonchev–Trinajstić information content (AvgIpc) is 2.96. The molecule has 0 bridgehead atoms. The van der Waals surface area contributed by atoms with Gasteiger partial charge < -0.3 is 14.8 Å². The predicted molar refractivity (Wildman–Crippen MR) is 106 cm³/mol. The van der Waals surface area contributed by atoms with Crippen LogP contribution in [-0.4, -0.2) is 29.0 Å². The van der Waals surface area contributed by atoms with Crippen molar-refractivity contribution in [2.24, 2.45) is 0 Å². The Morgan fingerprint density at radius 1 is 1.11 bits per heavy atom. The predicted octanol–water partition coefficient (Wildman–Crippen LogP) is 3.82. The van der Waals surface area contributed by atoms with Gasteiger partial charge in [-0.1, -0.05) is 54.1 Å². The van der Waals surface area contributed by atoms with Gasteiger partial charge in [0.2, 0.25) is 0 Å². The van der Waals surface area contributed by atoms with E-state index in [2.05, 4.69) is 22.5 Å². The van der Waals surface area contributed by atoms with E-state index in [1.165, 1.54) is 5.56 Å². The van der Waals surface area contributed by atoms with Gasteiger partial charge in [-0.2, -0.15) is 5.10 Å². The molecule has 0 fully saturated rings. The zero-order chi connectivity index (χ0) is 18.6. The molecule has 4 rings (SSSR count). The van der Waals surface area contributed by atoms with E-state index in [4.69, 9.17) is 21.1 Å². The van der Waals surface area contributed by atoms with Crippen molar-refractivity contribution in [1.82, 2.24) is 15.1 Å². The van der Waals surface area contributed by atoms with Gasteiger partial charge in [0.1, 0.15) is 17.9 Å². The van der Waals surface area contributed by atoms with Crippen LogP contribution >= 0.6 is 11.6 Å². The van der Waals surface area contributed by atoms with Gasteiger partial charge in [0, 0.05) is 18.7 Å². The summed E-state index contributed by atoms with van der Waals surface area (Å²) in [6, 6.07) is 17.9. The van der Waals surface area contributed by atoms with Gasteiger partial charge in [-0.3, -0.25) is 0 Å². The number of halogens is 1. The van der Waals surface area contributed by atoms with Crippen LogP contribution in [0.3, 0.4) is 0 Å². The Labute approximate surface area is 163 Å². The Bertz CT molecular complexity index is 911. The third kappa shape index (κ3) is 4.10. The largest absolute Gasteiger partial charge is 0.486 e. The molecule has 0 amide bonds. The summed E-state index contributed by atoms with van der Waals surface area (Å²) in [5.41, 5.74) is 3.13. The van der Waals surface area contributed by atoms with Crippen molar-refractivity contribution in [3.8, 4) is 11.5 Å². The second kappa shape index (κ2) is 8.03. The highest BCUT2D eigenvalue weighted by Crippen LogP contribution is 2.30. The molecule has 0 radical (unpaired) electrons. The number of aromatic nitrogens is 2. The highest BCUT2D eigenvalue weighted by molar-refractivity contribution is 6.30. The molecule has 27 heavy (non-hydrogen) atoms. The fourth-order valence-corrected chi connectivity index (χ4v) is 3.48. The van der Waals surface area contributed by atoms with E-state index in [1.807, 2.05) is 54.1 Å². The molecule has 140 valence electrons. The van der Waals surface area contributed by atoms with E-state index in [1.54, 1.807) is 0 Å². The number of hydrogen-bond acceptors (Lipinski definition) is 4. The number of para-hydroxylation sites is 2. The molecule has 1 aliphatic heterocycles. The molecule has 6 heteroatoms. The van der Waals surface area contributed by atoms with Crippen LogP contribution in [0.4, 0.5) is 0 Å². The zero-order valence-electron chi connectivity index (χ0n) is 15.2. The lowest BCUT2D eigenvalue weighted by Crippen LogP contribution is -2.38. The number of rotatable bonds is 6. The molecule has 5 nitrogen and oxygen atoms in total. The quantitative estimate of drug-likeness (QED) is 0.703. The SMILES string of the molecule is Cc1nn(Cc2ccccc2)c(Cl)c1CNCC1COc2ccccc2O1. The van der Waals surface area contributed by atoms with Crippen molar-refractivity contribution in [3.05, 3.63) is 76.6 Å². The standard InChI is InChI=1S/C21H22ClN3O2/c1-15-18(21(22)25(24-15)13-16-7-3-2-4-8-16)12-23-11-17-14-26-19-9-5-6-10-20(19)27-17/h2-10,17,23H,11-14H2,1H3. The molecule has 2 heterocycles. The molecule has 1 unspecified atom stereocenters. The maximum Gasteiger partial charge on any atom is 0.161 e. The molecule has 1 aliphatic rings. The van der Waals surface area contributed by atoms with Crippen LogP contribution in [-0.2, 0) is 13.1 Å². The van der Waals surface area contributed by atoms with Crippen LogP contribution in [0.5, 0.6) is 11.5 Å². The van der Waals surface area contributed by atoms with Crippen molar-refractivity contribution in [2.75, 3.05) is 13.2 Å². The van der Waals surface area contributed by atoms with E-state index < -0.39 is 0 Å². The smallest absolute Gasteiger partial charge is 0.161 e. The Morgan fingerprint density at radius 2 is 1.85 bits per heavy atom. The number of fused-ring (bicyclic) bond motifs is 1. The third-order valence-corrected chi connectivity index (χ3v) is 5.02. The Kier molecular flexibility index (Phi) is 5.32. The van der Waals surface area contributed by atoms with Crippen LogP contribution in [0.25, 0.3) is 0 Å². The van der Waals surface area contributed by atoms with Crippen molar-refractivity contribution in [3.63, 3.8) is 0 Å². The minimum Gasteiger partial charge on any atom is -0.486 e. The summed E-state index contributed by atoms with van der Waals surface area (Å²) < 4.78 is 13.6. The van der Waals surface area contributed by atoms with E-state index >= 15 is 0 Å². The van der Waals surface area contributed by atoms with E-state index in [-0.39, 0.29) is 6.10 Å². The number of ether oxygens (including phenoxy) is 2. The summed E-state index contributed by atoms with van der Waals surface area (Å²) in [6.07, 6.45) is -0.0293. The molecule has 2 aromatic carbocycles. The fraction of sp³-hybridized carbons (Fsp3) is 0.286. The van der Waals surface area contributed by atoms with Crippen molar-refractivity contribution < 1.29 is 9.47 Å². The van der Waals surface area contributed by atoms with Gasteiger partial charge in [-0.25, -0.2) is 4.68 Å². The average molecular weight is 384 g/mol.